The topological polar surface area (TPSA) is 114 Å². The molecule has 2 aromatic heterocycles. The van der Waals surface area contributed by atoms with Crippen LogP contribution in [0.4, 0.5) is 11.5 Å². The lowest BCUT2D eigenvalue weighted by atomic mass is 10.2. The van der Waals surface area contributed by atoms with E-state index >= 15 is 0 Å². The van der Waals surface area contributed by atoms with Gasteiger partial charge in [0.1, 0.15) is 17.1 Å². The van der Waals surface area contributed by atoms with E-state index in [0.29, 0.717) is 38.6 Å². The Bertz CT molecular complexity index is 1150. The molecule has 3 heterocycles. The largest absolute Gasteiger partial charge is 0.494 e. The molecule has 0 aliphatic carbocycles. The molecule has 3 aromatic rings. The third-order valence-electron chi connectivity index (χ3n) is 5.43. The fourth-order valence-electron chi connectivity index (χ4n) is 3.62. The number of amides is 2. The number of ether oxygens (including phenoxy) is 2. The van der Waals surface area contributed by atoms with Crippen molar-refractivity contribution in [1.82, 2.24) is 14.8 Å². The monoisotopic (exact) mass is 478 g/mol. The molecule has 0 saturated carbocycles. The second kappa shape index (κ2) is 11.2. The summed E-state index contributed by atoms with van der Waals surface area (Å²) in [5.74, 6) is 0.130. The Morgan fingerprint density at radius 1 is 1.00 bits per heavy atom. The van der Waals surface area contributed by atoms with Crippen molar-refractivity contribution >= 4 is 29.3 Å². The molecule has 0 radical (unpaired) electrons. The van der Waals surface area contributed by atoms with Crippen molar-refractivity contribution in [2.45, 2.75) is 6.92 Å². The van der Waals surface area contributed by atoms with Gasteiger partial charge in [-0.15, -0.1) is 0 Å². The highest BCUT2D eigenvalue weighted by molar-refractivity contribution is 5.96. The SMILES string of the molecule is CCOc1ccc(Nc2ncccc2C(=O)OCC(=O)N2CCN(C(=O)c3ccco3)CC2)cc1. The standard InChI is InChI=1S/C25H26N4O6/c1-2-33-19-9-7-18(8-10-19)27-23-20(5-3-11-26-23)25(32)35-17-22(30)28-12-14-29(15-13-28)24(31)21-6-4-16-34-21/h3-11,16H,2,12-15,17H2,1H3,(H,26,27). The number of aromatic nitrogens is 1. The van der Waals surface area contributed by atoms with Gasteiger partial charge in [-0.2, -0.15) is 0 Å². The Hall–Kier alpha value is -4.34. The first-order valence-corrected chi connectivity index (χ1v) is 11.3. The van der Waals surface area contributed by atoms with Gasteiger partial charge < -0.3 is 29.0 Å². The number of esters is 1. The van der Waals surface area contributed by atoms with Crippen molar-refractivity contribution in [1.29, 1.82) is 0 Å². The zero-order chi connectivity index (χ0) is 24.6. The van der Waals surface area contributed by atoms with E-state index in [0.717, 1.165) is 11.4 Å². The number of carbonyl (C=O) groups is 3. The van der Waals surface area contributed by atoms with Crippen molar-refractivity contribution in [2.24, 2.45) is 0 Å². The summed E-state index contributed by atoms with van der Waals surface area (Å²) in [6.07, 6.45) is 3.00. The highest BCUT2D eigenvalue weighted by Gasteiger charge is 2.27. The van der Waals surface area contributed by atoms with Gasteiger partial charge in [0.05, 0.1) is 12.9 Å². The van der Waals surface area contributed by atoms with Crippen LogP contribution < -0.4 is 10.1 Å². The quantitative estimate of drug-likeness (QED) is 0.492. The average molecular weight is 479 g/mol. The molecule has 0 unspecified atom stereocenters. The molecule has 0 atom stereocenters. The van der Waals surface area contributed by atoms with Crippen molar-refractivity contribution in [2.75, 3.05) is 44.7 Å². The lowest BCUT2D eigenvalue weighted by Gasteiger charge is -2.34. The first kappa shape index (κ1) is 23.8. The van der Waals surface area contributed by atoms with Gasteiger partial charge in [-0.25, -0.2) is 9.78 Å². The summed E-state index contributed by atoms with van der Waals surface area (Å²) in [6.45, 7) is 3.52. The minimum atomic E-state index is -0.661. The summed E-state index contributed by atoms with van der Waals surface area (Å²) in [7, 11) is 0. The highest BCUT2D eigenvalue weighted by atomic mass is 16.5. The van der Waals surface area contributed by atoms with Gasteiger partial charge in [0.25, 0.3) is 11.8 Å². The summed E-state index contributed by atoms with van der Waals surface area (Å²) >= 11 is 0. The zero-order valence-electron chi connectivity index (χ0n) is 19.3. The fraction of sp³-hybridized carbons (Fsp3) is 0.280. The van der Waals surface area contributed by atoms with Crippen LogP contribution in [0.3, 0.4) is 0 Å². The lowest BCUT2D eigenvalue weighted by Crippen LogP contribution is -2.51. The normalized spacial score (nSPS) is 13.3. The van der Waals surface area contributed by atoms with E-state index in [1.54, 1.807) is 40.3 Å². The molecule has 1 N–H and O–H groups in total. The molecular weight excluding hydrogens is 452 g/mol. The van der Waals surface area contributed by atoms with E-state index < -0.39 is 12.6 Å². The number of hydrogen-bond donors (Lipinski definition) is 1. The van der Waals surface area contributed by atoms with Crippen molar-refractivity contribution < 1.29 is 28.3 Å². The molecule has 1 aliphatic heterocycles. The van der Waals surface area contributed by atoms with Crippen molar-refractivity contribution in [3.8, 4) is 5.75 Å². The molecule has 0 bridgehead atoms. The maximum absolute atomic E-state index is 12.7. The van der Waals surface area contributed by atoms with E-state index in [1.165, 1.54) is 6.26 Å². The minimum absolute atomic E-state index is 0.210. The second-order valence-electron chi connectivity index (χ2n) is 7.71. The summed E-state index contributed by atoms with van der Waals surface area (Å²) in [6, 6.07) is 13.7. The van der Waals surface area contributed by atoms with Gasteiger partial charge in [0.2, 0.25) is 0 Å². The maximum atomic E-state index is 12.7. The van der Waals surface area contributed by atoms with Crippen molar-refractivity contribution in [3.05, 3.63) is 72.3 Å². The smallest absolute Gasteiger partial charge is 0.342 e. The van der Waals surface area contributed by atoms with Gasteiger partial charge in [0.15, 0.2) is 12.4 Å². The average Bonchev–Trinajstić information content (AvgIpc) is 3.43. The molecule has 182 valence electrons. The van der Waals surface area contributed by atoms with Gasteiger partial charge >= 0.3 is 5.97 Å². The number of piperazine rings is 1. The molecule has 2 amide bonds. The molecule has 10 nitrogen and oxygen atoms in total. The summed E-state index contributed by atoms with van der Waals surface area (Å²) < 4.78 is 15.9. The fourth-order valence-corrected chi connectivity index (χ4v) is 3.62. The third-order valence-corrected chi connectivity index (χ3v) is 5.43. The molecule has 35 heavy (non-hydrogen) atoms. The summed E-state index contributed by atoms with van der Waals surface area (Å²) in [5.41, 5.74) is 0.933. The van der Waals surface area contributed by atoms with Crippen LogP contribution in [0.15, 0.2) is 65.4 Å². The summed E-state index contributed by atoms with van der Waals surface area (Å²) in [5, 5.41) is 3.09. The van der Waals surface area contributed by atoms with Crippen LogP contribution >= 0.6 is 0 Å². The Labute approximate surface area is 202 Å². The predicted octanol–water partition coefficient (Wildman–Crippen LogP) is 2.96. The number of benzene rings is 1. The number of nitrogens with one attached hydrogen (secondary N) is 1. The second-order valence-corrected chi connectivity index (χ2v) is 7.71. The minimum Gasteiger partial charge on any atom is -0.494 e. The Kier molecular flexibility index (Phi) is 7.61. The summed E-state index contributed by atoms with van der Waals surface area (Å²) in [4.78, 5) is 45.1. The molecular formula is C25H26N4O6. The number of rotatable bonds is 8. The van der Waals surface area contributed by atoms with Crippen molar-refractivity contribution in [3.63, 3.8) is 0 Å². The van der Waals surface area contributed by atoms with Crippen LogP contribution in [0, 0.1) is 0 Å². The molecule has 1 aliphatic rings. The van der Waals surface area contributed by atoms with E-state index in [1.807, 2.05) is 31.2 Å². The molecule has 0 spiro atoms. The van der Waals surface area contributed by atoms with Gasteiger partial charge in [-0.05, 0) is 55.5 Å². The first-order chi connectivity index (χ1) is 17.0. The Balaban J connectivity index is 1.29. The van der Waals surface area contributed by atoms with E-state index in [2.05, 4.69) is 10.3 Å². The number of carbonyl (C=O) groups excluding carboxylic acids is 3. The zero-order valence-corrected chi connectivity index (χ0v) is 19.3. The van der Waals surface area contributed by atoms with Gasteiger partial charge in [0, 0.05) is 38.1 Å². The number of nitrogens with zero attached hydrogens (tertiary/aromatic N) is 3. The number of anilines is 2. The number of pyridine rings is 1. The first-order valence-electron chi connectivity index (χ1n) is 11.3. The van der Waals surface area contributed by atoms with E-state index in [9.17, 15) is 14.4 Å². The van der Waals surface area contributed by atoms with Crippen LogP contribution in [-0.2, 0) is 9.53 Å². The van der Waals surface area contributed by atoms with Crippen LogP contribution in [0.1, 0.15) is 27.8 Å². The van der Waals surface area contributed by atoms with Crippen LogP contribution in [0.25, 0.3) is 0 Å². The number of furan rings is 1. The Morgan fingerprint density at radius 2 is 1.74 bits per heavy atom. The van der Waals surface area contributed by atoms with Crippen LogP contribution in [0.5, 0.6) is 5.75 Å². The van der Waals surface area contributed by atoms with Crippen LogP contribution in [-0.4, -0.2) is 72.0 Å². The Morgan fingerprint density at radius 3 is 2.43 bits per heavy atom. The maximum Gasteiger partial charge on any atom is 0.342 e. The molecule has 1 aromatic carbocycles. The molecule has 10 heteroatoms. The third kappa shape index (κ3) is 5.97. The van der Waals surface area contributed by atoms with Crippen LogP contribution in [0.2, 0.25) is 0 Å². The number of hydrogen-bond acceptors (Lipinski definition) is 8. The molecule has 1 fully saturated rings. The highest BCUT2D eigenvalue weighted by Crippen LogP contribution is 2.22. The predicted molar refractivity (Wildman–Crippen MR) is 127 cm³/mol. The van der Waals surface area contributed by atoms with E-state index in [4.69, 9.17) is 13.9 Å². The molecule has 4 rings (SSSR count). The van der Waals surface area contributed by atoms with Gasteiger partial charge in [-0.1, -0.05) is 0 Å². The molecule has 1 saturated heterocycles. The van der Waals surface area contributed by atoms with E-state index in [-0.39, 0.29) is 23.1 Å². The van der Waals surface area contributed by atoms with Gasteiger partial charge in [-0.3, -0.25) is 9.59 Å². The lowest BCUT2D eigenvalue weighted by molar-refractivity contribution is -0.136.